The van der Waals surface area contributed by atoms with Crippen LogP contribution in [0.4, 0.5) is 0 Å². The van der Waals surface area contributed by atoms with Gasteiger partial charge in [-0.2, -0.15) is 0 Å². The summed E-state index contributed by atoms with van der Waals surface area (Å²) in [6.07, 6.45) is 3.56. The van der Waals surface area contributed by atoms with E-state index in [1.54, 1.807) is 19.5 Å². The van der Waals surface area contributed by atoms with E-state index in [2.05, 4.69) is 65.4 Å². The molecule has 0 aliphatic rings. The van der Waals surface area contributed by atoms with E-state index in [4.69, 9.17) is 4.74 Å². The average molecular weight is 352 g/mol. The van der Waals surface area contributed by atoms with E-state index in [9.17, 15) is 0 Å². The Hall–Kier alpha value is -3.46. The predicted molar refractivity (Wildman–Crippen MR) is 110 cm³/mol. The molecule has 0 atom stereocenters. The van der Waals surface area contributed by atoms with Gasteiger partial charge in [-0.1, -0.05) is 54.6 Å². The number of rotatable bonds is 4. The minimum Gasteiger partial charge on any atom is -0.497 e. The molecule has 132 valence electrons. The molecule has 0 N–H and O–H groups in total. The molecule has 0 unspecified atom stereocenters. The molecule has 0 bridgehead atoms. The van der Waals surface area contributed by atoms with Crippen molar-refractivity contribution >= 4 is 0 Å². The first-order valence-corrected chi connectivity index (χ1v) is 8.89. The maximum absolute atomic E-state index is 5.32. The van der Waals surface area contributed by atoms with Gasteiger partial charge in [0.15, 0.2) is 5.82 Å². The lowest BCUT2D eigenvalue weighted by Crippen LogP contribution is -1.96. The van der Waals surface area contributed by atoms with E-state index in [0.29, 0.717) is 0 Å². The molecule has 3 nitrogen and oxygen atoms in total. The maximum Gasteiger partial charge on any atom is 0.159 e. The molecule has 0 aliphatic heterocycles. The van der Waals surface area contributed by atoms with Crippen LogP contribution in [0.5, 0.6) is 5.75 Å². The zero-order valence-electron chi connectivity index (χ0n) is 15.4. The number of nitrogens with zero attached hydrogens (tertiary/aromatic N) is 2. The van der Waals surface area contributed by atoms with E-state index in [1.165, 1.54) is 16.7 Å². The highest BCUT2D eigenvalue weighted by atomic mass is 16.5. The number of benzene rings is 3. The van der Waals surface area contributed by atoms with Gasteiger partial charge in [0.05, 0.1) is 7.11 Å². The first-order valence-electron chi connectivity index (χ1n) is 8.89. The third kappa shape index (κ3) is 3.32. The van der Waals surface area contributed by atoms with Gasteiger partial charge in [-0.25, -0.2) is 9.97 Å². The summed E-state index contributed by atoms with van der Waals surface area (Å²) in [5.41, 5.74) is 6.91. The zero-order valence-corrected chi connectivity index (χ0v) is 15.4. The van der Waals surface area contributed by atoms with Crippen molar-refractivity contribution in [3.63, 3.8) is 0 Å². The number of hydrogen-bond donors (Lipinski definition) is 0. The zero-order chi connectivity index (χ0) is 18.6. The normalized spacial score (nSPS) is 10.6. The second-order valence-electron chi connectivity index (χ2n) is 6.33. The van der Waals surface area contributed by atoms with Gasteiger partial charge in [0.2, 0.25) is 0 Å². The van der Waals surface area contributed by atoms with Crippen LogP contribution in [0, 0.1) is 6.92 Å². The Bertz CT molecular complexity index is 1040. The summed E-state index contributed by atoms with van der Waals surface area (Å²) in [7, 11) is 1.68. The molecule has 0 radical (unpaired) electrons. The number of ether oxygens (including phenoxy) is 1. The lowest BCUT2D eigenvalue weighted by Gasteiger charge is -2.17. The quantitative estimate of drug-likeness (QED) is 0.466. The molecule has 0 fully saturated rings. The molecule has 0 saturated carbocycles. The van der Waals surface area contributed by atoms with Crippen LogP contribution in [-0.2, 0) is 0 Å². The van der Waals surface area contributed by atoms with Gasteiger partial charge in [0.25, 0.3) is 0 Å². The van der Waals surface area contributed by atoms with Crippen LogP contribution in [-0.4, -0.2) is 17.1 Å². The Balaban J connectivity index is 1.96. The van der Waals surface area contributed by atoms with E-state index < -0.39 is 0 Å². The average Bonchev–Trinajstić information content (AvgIpc) is 2.75. The molecule has 4 aromatic rings. The van der Waals surface area contributed by atoms with Crippen LogP contribution in [0.3, 0.4) is 0 Å². The van der Waals surface area contributed by atoms with Crippen LogP contribution < -0.4 is 4.74 Å². The molecular formula is C24H20N2O. The standard InChI is InChI=1S/C24H20N2O/c1-17-21(24-25-15-6-16-26-24)13-14-22(18-7-4-3-5-8-18)23(17)19-9-11-20(27-2)12-10-19/h3-16H,1-2H3. The fourth-order valence-corrected chi connectivity index (χ4v) is 3.38. The van der Waals surface area contributed by atoms with E-state index in [-0.39, 0.29) is 0 Å². The van der Waals surface area contributed by atoms with E-state index >= 15 is 0 Å². The molecule has 4 rings (SSSR count). The van der Waals surface area contributed by atoms with Gasteiger partial charge < -0.3 is 4.74 Å². The Labute approximate surface area is 159 Å². The summed E-state index contributed by atoms with van der Waals surface area (Å²) in [5, 5.41) is 0. The second kappa shape index (κ2) is 7.42. The summed E-state index contributed by atoms with van der Waals surface area (Å²) < 4.78 is 5.32. The van der Waals surface area contributed by atoms with Gasteiger partial charge in [-0.05, 0) is 52.9 Å². The summed E-state index contributed by atoms with van der Waals surface area (Å²) >= 11 is 0. The number of hydrogen-bond acceptors (Lipinski definition) is 3. The van der Waals surface area contributed by atoms with Crippen molar-refractivity contribution in [2.45, 2.75) is 6.92 Å². The Morgan fingerprint density at radius 2 is 1.33 bits per heavy atom. The lowest BCUT2D eigenvalue weighted by molar-refractivity contribution is 0.415. The molecule has 1 aromatic heterocycles. The maximum atomic E-state index is 5.32. The molecule has 0 aliphatic carbocycles. The monoisotopic (exact) mass is 352 g/mol. The van der Waals surface area contributed by atoms with Crippen molar-refractivity contribution in [1.29, 1.82) is 0 Å². The smallest absolute Gasteiger partial charge is 0.159 e. The van der Waals surface area contributed by atoms with Crippen molar-refractivity contribution in [3.8, 4) is 39.4 Å². The van der Waals surface area contributed by atoms with Crippen molar-refractivity contribution in [2.75, 3.05) is 7.11 Å². The summed E-state index contributed by atoms with van der Waals surface area (Å²) in [6.45, 7) is 2.14. The molecular weight excluding hydrogens is 332 g/mol. The molecule has 0 saturated heterocycles. The van der Waals surface area contributed by atoms with Gasteiger partial charge in [0, 0.05) is 18.0 Å². The summed E-state index contributed by atoms with van der Waals surface area (Å²) in [6, 6.07) is 24.7. The fourth-order valence-electron chi connectivity index (χ4n) is 3.38. The van der Waals surface area contributed by atoms with Gasteiger partial charge in [0.1, 0.15) is 5.75 Å². The minimum absolute atomic E-state index is 0.740. The largest absolute Gasteiger partial charge is 0.497 e. The first-order chi connectivity index (χ1) is 13.3. The first kappa shape index (κ1) is 17.0. The minimum atomic E-state index is 0.740. The van der Waals surface area contributed by atoms with Crippen molar-refractivity contribution in [3.05, 3.63) is 90.8 Å². The van der Waals surface area contributed by atoms with Crippen LogP contribution in [0.25, 0.3) is 33.6 Å². The van der Waals surface area contributed by atoms with Crippen LogP contribution >= 0.6 is 0 Å². The molecule has 0 spiro atoms. The SMILES string of the molecule is COc1ccc(-c2c(-c3ccccc3)ccc(-c3ncccn3)c2C)cc1. The highest BCUT2D eigenvalue weighted by Crippen LogP contribution is 2.39. The highest BCUT2D eigenvalue weighted by molar-refractivity contribution is 5.89. The number of aromatic nitrogens is 2. The molecule has 27 heavy (non-hydrogen) atoms. The Morgan fingerprint density at radius 3 is 2.00 bits per heavy atom. The summed E-state index contributed by atoms with van der Waals surface area (Å²) in [4.78, 5) is 8.89. The van der Waals surface area contributed by atoms with Crippen LogP contribution in [0.1, 0.15) is 5.56 Å². The topological polar surface area (TPSA) is 35.0 Å². The highest BCUT2D eigenvalue weighted by Gasteiger charge is 2.15. The van der Waals surface area contributed by atoms with Crippen LogP contribution in [0.2, 0.25) is 0 Å². The van der Waals surface area contributed by atoms with Gasteiger partial charge in [-0.3, -0.25) is 0 Å². The van der Waals surface area contributed by atoms with E-state index in [1.807, 2.05) is 24.3 Å². The van der Waals surface area contributed by atoms with Crippen molar-refractivity contribution in [1.82, 2.24) is 9.97 Å². The fraction of sp³-hybridized carbons (Fsp3) is 0.0833. The Kier molecular flexibility index (Phi) is 4.67. The van der Waals surface area contributed by atoms with Gasteiger partial charge >= 0.3 is 0 Å². The van der Waals surface area contributed by atoms with Gasteiger partial charge in [-0.15, -0.1) is 0 Å². The third-order valence-electron chi connectivity index (χ3n) is 4.74. The third-order valence-corrected chi connectivity index (χ3v) is 4.74. The molecule has 0 amide bonds. The van der Waals surface area contributed by atoms with E-state index in [0.717, 1.165) is 28.3 Å². The Morgan fingerprint density at radius 1 is 0.667 bits per heavy atom. The number of methoxy groups -OCH3 is 1. The molecule has 1 heterocycles. The summed E-state index contributed by atoms with van der Waals surface area (Å²) in [5.74, 6) is 1.59. The second-order valence-corrected chi connectivity index (χ2v) is 6.33. The lowest BCUT2D eigenvalue weighted by atomic mass is 9.88. The molecule has 3 aromatic carbocycles. The van der Waals surface area contributed by atoms with Crippen molar-refractivity contribution in [2.24, 2.45) is 0 Å². The van der Waals surface area contributed by atoms with Crippen LogP contribution in [0.15, 0.2) is 85.2 Å². The van der Waals surface area contributed by atoms with Crippen molar-refractivity contribution < 1.29 is 4.74 Å². The molecule has 3 heteroatoms. The predicted octanol–water partition coefficient (Wildman–Crippen LogP) is 5.79.